The Morgan fingerprint density at radius 2 is 1.64 bits per heavy atom. The average Bonchev–Trinajstić information content (AvgIpc) is 1.98. The van der Waals surface area contributed by atoms with Gasteiger partial charge >= 0.3 is 77.3 Å². The van der Waals surface area contributed by atoms with Gasteiger partial charge in [0.2, 0.25) is 0 Å². The first-order chi connectivity index (χ1) is 5.11. The van der Waals surface area contributed by atoms with Crippen LogP contribution in [0.2, 0.25) is 0 Å². The molecule has 0 saturated carbocycles. The van der Waals surface area contributed by atoms with Gasteiger partial charge in [0.25, 0.3) is 0 Å². The summed E-state index contributed by atoms with van der Waals surface area (Å²) in [5, 5.41) is 6.47. The molecule has 2 atom stereocenters. The third-order valence-electron chi connectivity index (χ3n) is 1.60. The van der Waals surface area contributed by atoms with E-state index >= 15 is 0 Å². The zero-order valence-electron chi connectivity index (χ0n) is 8.03. The van der Waals surface area contributed by atoms with Crippen LogP contribution >= 0.6 is 20.1 Å². The summed E-state index contributed by atoms with van der Waals surface area (Å²) < 4.78 is 3.56. The van der Waals surface area contributed by atoms with E-state index in [9.17, 15) is 0 Å². The molecule has 0 aliphatic carbocycles. The molecule has 3 N–H and O–H groups in total. The van der Waals surface area contributed by atoms with Crippen LogP contribution in [0.25, 0.3) is 0 Å². The summed E-state index contributed by atoms with van der Waals surface area (Å²) in [4.78, 5) is 4.60. The molecule has 0 rings (SSSR count). The minimum absolute atomic E-state index is 0.417. The van der Waals surface area contributed by atoms with Gasteiger partial charge in [-0.15, -0.1) is 0 Å². The molecule has 70 valence electrons. The molecule has 0 aromatic heterocycles. The van der Waals surface area contributed by atoms with Crippen LogP contribution in [0.4, 0.5) is 0 Å². The Balaban J connectivity index is 3.74. The van der Waals surface area contributed by atoms with Gasteiger partial charge in [0.1, 0.15) is 0 Å². The van der Waals surface area contributed by atoms with Gasteiger partial charge in [-0.3, -0.25) is 0 Å². The molecular formula is C7H20IN3. The molecule has 0 aliphatic heterocycles. The molecule has 11 heavy (non-hydrogen) atoms. The molecule has 0 radical (unpaired) electrons. The summed E-state index contributed by atoms with van der Waals surface area (Å²) in [6.07, 6.45) is 0.417. The molecule has 0 heterocycles. The summed E-state index contributed by atoms with van der Waals surface area (Å²) in [7, 11) is 3.98. The summed E-state index contributed by atoms with van der Waals surface area (Å²) >= 11 is -0.820. The molecule has 0 saturated heterocycles. The fourth-order valence-electron chi connectivity index (χ4n) is 0.801. The normalized spacial score (nSPS) is 17.7. The SMILES string of the molecule is CNC(C)C(NC)NI(C)C. The molecule has 0 fully saturated rings. The number of likely N-dealkylation sites (N-methyl/N-ethyl adjacent to an activating group) is 2. The van der Waals surface area contributed by atoms with Crippen molar-refractivity contribution in [2.24, 2.45) is 0 Å². The quantitative estimate of drug-likeness (QED) is 0.294. The van der Waals surface area contributed by atoms with Crippen molar-refractivity contribution < 1.29 is 0 Å². The number of halogens is 1. The van der Waals surface area contributed by atoms with Crippen molar-refractivity contribution in [3.63, 3.8) is 0 Å². The minimum atomic E-state index is -0.820. The predicted octanol–water partition coefficient (Wildman–Crippen LogP) is 0.410. The van der Waals surface area contributed by atoms with Crippen LogP contribution < -0.4 is 14.2 Å². The van der Waals surface area contributed by atoms with Crippen LogP contribution in [-0.2, 0) is 0 Å². The van der Waals surface area contributed by atoms with Crippen LogP contribution in [0.15, 0.2) is 0 Å². The summed E-state index contributed by atoms with van der Waals surface area (Å²) in [6.45, 7) is 2.17. The molecule has 0 amide bonds. The van der Waals surface area contributed by atoms with Crippen LogP contribution in [0.1, 0.15) is 6.92 Å². The number of hydrogen-bond acceptors (Lipinski definition) is 3. The van der Waals surface area contributed by atoms with Gasteiger partial charge in [-0.05, 0) is 0 Å². The van der Waals surface area contributed by atoms with Crippen molar-refractivity contribution in [2.75, 3.05) is 24.0 Å². The van der Waals surface area contributed by atoms with E-state index in [2.05, 4.69) is 30.9 Å². The topological polar surface area (TPSA) is 36.1 Å². The maximum absolute atomic E-state index is 3.56. The second-order valence-corrected chi connectivity index (χ2v) is 7.65. The molecule has 2 unspecified atom stereocenters. The van der Waals surface area contributed by atoms with Crippen LogP contribution in [0.3, 0.4) is 0 Å². The van der Waals surface area contributed by atoms with E-state index in [1.165, 1.54) is 0 Å². The van der Waals surface area contributed by atoms with Crippen molar-refractivity contribution in [1.82, 2.24) is 14.2 Å². The van der Waals surface area contributed by atoms with E-state index in [0.29, 0.717) is 12.2 Å². The van der Waals surface area contributed by atoms with Gasteiger partial charge in [0.05, 0.1) is 0 Å². The molecule has 0 aliphatic rings. The molecule has 3 nitrogen and oxygen atoms in total. The predicted molar refractivity (Wildman–Crippen MR) is 60.4 cm³/mol. The van der Waals surface area contributed by atoms with E-state index in [1.807, 2.05) is 14.1 Å². The Kier molecular flexibility index (Phi) is 6.50. The zero-order chi connectivity index (χ0) is 8.85. The fraction of sp³-hybridized carbons (Fsp3) is 1.00. The number of rotatable bonds is 5. The fourth-order valence-corrected chi connectivity index (χ4v) is 2.99. The van der Waals surface area contributed by atoms with E-state index in [0.717, 1.165) is 0 Å². The molecule has 0 aromatic carbocycles. The second-order valence-electron chi connectivity index (χ2n) is 2.71. The van der Waals surface area contributed by atoms with Crippen molar-refractivity contribution in [3.05, 3.63) is 0 Å². The van der Waals surface area contributed by atoms with Crippen molar-refractivity contribution in [2.45, 2.75) is 19.1 Å². The Morgan fingerprint density at radius 3 is 1.91 bits per heavy atom. The summed E-state index contributed by atoms with van der Waals surface area (Å²) in [5.41, 5.74) is 0. The van der Waals surface area contributed by atoms with Gasteiger partial charge < -0.3 is 0 Å². The van der Waals surface area contributed by atoms with Crippen LogP contribution in [0.5, 0.6) is 0 Å². The Hall–Kier alpha value is 0.610. The van der Waals surface area contributed by atoms with E-state index in [-0.39, 0.29) is 0 Å². The molecule has 0 aromatic rings. The van der Waals surface area contributed by atoms with Crippen LogP contribution in [0, 0.1) is 0 Å². The van der Waals surface area contributed by atoms with Gasteiger partial charge in [-0.2, -0.15) is 0 Å². The van der Waals surface area contributed by atoms with Crippen molar-refractivity contribution in [3.8, 4) is 0 Å². The second kappa shape index (κ2) is 6.16. The molecular weight excluding hydrogens is 253 g/mol. The number of nitrogens with one attached hydrogen (secondary N) is 3. The van der Waals surface area contributed by atoms with E-state index < -0.39 is 20.1 Å². The monoisotopic (exact) mass is 273 g/mol. The number of hydrogen-bond donors (Lipinski definition) is 3. The van der Waals surface area contributed by atoms with Gasteiger partial charge in [-0.25, -0.2) is 0 Å². The Morgan fingerprint density at radius 1 is 1.09 bits per heavy atom. The maximum atomic E-state index is 3.56. The Bertz CT molecular complexity index is 97.7. The first kappa shape index (κ1) is 11.6. The van der Waals surface area contributed by atoms with Gasteiger partial charge in [0.15, 0.2) is 0 Å². The molecule has 4 heteroatoms. The van der Waals surface area contributed by atoms with Gasteiger partial charge in [0, 0.05) is 0 Å². The van der Waals surface area contributed by atoms with Crippen LogP contribution in [-0.4, -0.2) is 36.2 Å². The van der Waals surface area contributed by atoms with Gasteiger partial charge in [-0.1, -0.05) is 0 Å². The summed E-state index contributed by atoms with van der Waals surface area (Å²) in [6, 6.07) is 0.486. The summed E-state index contributed by atoms with van der Waals surface area (Å²) in [5.74, 6) is 0. The first-order valence-corrected chi connectivity index (χ1v) is 9.12. The third-order valence-corrected chi connectivity index (χ3v) is 3.52. The van der Waals surface area contributed by atoms with Crippen molar-refractivity contribution >= 4 is 20.1 Å². The molecule has 0 bridgehead atoms. The number of alkyl halides is 2. The average molecular weight is 273 g/mol. The zero-order valence-corrected chi connectivity index (χ0v) is 10.2. The first-order valence-electron chi connectivity index (χ1n) is 3.72. The standard InChI is InChI=1S/C7H20IN3/c1-6(9-4)7(10-5)11-8(2)3/h6-7,9-11H,1-5H3. The van der Waals surface area contributed by atoms with Crippen molar-refractivity contribution in [1.29, 1.82) is 0 Å². The molecule has 0 spiro atoms. The van der Waals surface area contributed by atoms with E-state index in [1.54, 1.807) is 0 Å². The third kappa shape index (κ3) is 4.95. The Labute approximate surface area is 77.4 Å². The van der Waals surface area contributed by atoms with E-state index in [4.69, 9.17) is 0 Å².